The molecule has 1 aliphatic heterocycles. The van der Waals surface area contributed by atoms with E-state index in [9.17, 15) is 8.42 Å². The predicted octanol–water partition coefficient (Wildman–Crippen LogP) is 0.739. The summed E-state index contributed by atoms with van der Waals surface area (Å²) in [5.41, 5.74) is 0. The van der Waals surface area contributed by atoms with Gasteiger partial charge in [0, 0.05) is 24.4 Å². The zero-order valence-electron chi connectivity index (χ0n) is 11.4. The maximum Gasteiger partial charge on any atom is 0.151 e. The Morgan fingerprint density at radius 1 is 1.35 bits per heavy atom. The van der Waals surface area contributed by atoms with Crippen LogP contribution in [-0.4, -0.2) is 57.0 Å². The normalized spacial score (nSPS) is 31.6. The summed E-state index contributed by atoms with van der Waals surface area (Å²) in [6.07, 6.45) is 1.11. The summed E-state index contributed by atoms with van der Waals surface area (Å²) in [4.78, 5) is 2.31. The van der Waals surface area contributed by atoms with Crippen LogP contribution in [0.2, 0.25) is 0 Å². The minimum Gasteiger partial charge on any atom is -0.317 e. The quantitative estimate of drug-likeness (QED) is 0.794. The van der Waals surface area contributed by atoms with Crippen molar-refractivity contribution in [2.24, 2.45) is 5.92 Å². The molecule has 102 valence electrons. The van der Waals surface area contributed by atoms with E-state index >= 15 is 0 Å². The summed E-state index contributed by atoms with van der Waals surface area (Å²) in [5, 5.41) is 3.34. The van der Waals surface area contributed by atoms with Gasteiger partial charge < -0.3 is 5.32 Å². The number of rotatable bonds is 5. The van der Waals surface area contributed by atoms with Crippen molar-refractivity contribution in [3.8, 4) is 0 Å². The van der Waals surface area contributed by atoms with Gasteiger partial charge in [-0.3, -0.25) is 4.90 Å². The zero-order chi connectivity index (χ0) is 13.1. The van der Waals surface area contributed by atoms with Gasteiger partial charge in [0.25, 0.3) is 0 Å². The maximum atomic E-state index is 11.5. The van der Waals surface area contributed by atoms with Crippen LogP contribution in [0, 0.1) is 5.92 Å². The summed E-state index contributed by atoms with van der Waals surface area (Å²) >= 11 is 0. The number of nitrogens with one attached hydrogen (secondary N) is 1. The van der Waals surface area contributed by atoms with Gasteiger partial charge in [-0.15, -0.1) is 0 Å². The highest BCUT2D eigenvalue weighted by Gasteiger charge is 2.31. The molecule has 0 aromatic carbocycles. The molecular formula is C12H26N2O2S. The Morgan fingerprint density at radius 3 is 2.53 bits per heavy atom. The highest BCUT2D eigenvalue weighted by molar-refractivity contribution is 7.91. The lowest BCUT2D eigenvalue weighted by atomic mass is 9.87. The van der Waals surface area contributed by atoms with Crippen molar-refractivity contribution >= 4 is 9.84 Å². The first kappa shape index (κ1) is 14.9. The van der Waals surface area contributed by atoms with E-state index in [-0.39, 0.29) is 5.75 Å². The van der Waals surface area contributed by atoms with Crippen LogP contribution >= 0.6 is 0 Å². The number of hydrogen-bond acceptors (Lipinski definition) is 4. The van der Waals surface area contributed by atoms with E-state index in [0.29, 0.717) is 30.3 Å². The summed E-state index contributed by atoms with van der Waals surface area (Å²) in [6, 6.07) is 1.01. The number of piperidine rings is 1. The van der Waals surface area contributed by atoms with Crippen LogP contribution in [0.3, 0.4) is 0 Å². The van der Waals surface area contributed by atoms with Crippen LogP contribution in [0.25, 0.3) is 0 Å². The summed E-state index contributed by atoms with van der Waals surface area (Å²) in [6.45, 7) is 7.84. The number of hydrogen-bond donors (Lipinski definition) is 1. The molecule has 0 saturated carbocycles. The Hall–Kier alpha value is -0.130. The lowest BCUT2D eigenvalue weighted by Gasteiger charge is -2.42. The zero-order valence-corrected chi connectivity index (χ0v) is 12.3. The monoisotopic (exact) mass is 262 g/mol. The molecule has 1 aliphatic rings. The third-order valence-electron chi connectivity index (χ3n) is 4.20. The van der Waals surface area contributed by atoms with Crippen molar-refractivity contribution in [1.29, 1.82) is 0 Å². The van der Waals surface area contributed by atoms with Gasteiger partial charge in [-0.1, -0.05) is 13.8 Å². The van der Waals surface area contributed by atoms with Crippen LogP contribution in [0.1, 0.15) is 27.2 Å². The maximum absolute atomic E-state index is 11.5. The van der Waals surface area contributed by atoms with Gasteiger partial charge >= 0.3 is 0 Å². The molecule has 1 rings (SSSR count). The van der Waals surface area contributed by atoms with Gasteiger partial charge in [-0.2, -0.15) is 0 Å². The fourth-order valence-corrected chi connectivity index (χ4v) is 3.36. The molecule has 1 saturated heterocycles. The van der Waals surface area contributed by atoms with Crippen LogP contribution in [0.15, 0.2) is 0 Å². The summed E-state index contributed by atoms with van der Waals surface area (Å²) < 4.78 is 23.0. The molecule has 0 amide bonds. The molecule has 17 heavy (non-hydrogen) atoms. The second kappa shape index (κ2) is 6.16. The van der Waals surface area contributed by atoms with Crippen molar-refractivity contribution in [2.75, 3.05) is 31.6 Å². The van der Waals surface area contributed by atoms with Crippen molar-refractivity contribution < 1.29 is 8.42 Å². The van der Waals surface area contributed by atoms with Crippen molar-refractivity contribution in [1.82, 2.24) is 10.2 Å². The molecule has 0 aromatic rings. The second-order valence-electron chi connectivity index (χ2n) is 5.06. The molecule has 1 fully saturated rings. The largest absolute Gasteiger partial charge is 0.317 e. The van der Waals surface area contributed by atoms with Gasteiger partial charge in [-0.05, 0) is 32.9 Å². The van der Waals surface area contributed by atoms with Crippen molar-refractivity contribution in [2.45, 2.75) is 39.3 Å². The number of likely N-dealkylation sites (tertiary alicyclic amines) is 1. The highest BCUT2D eigenvalue weighted by Crippen LogP contribution is 2.23. The predicted molar refractivity (Wildman–Crippen MR) is 72.0 cm³/mol. The average Bonchev–Trinajstić information content (AvgIpc) is 2.31. The van der Waals surface area contributed by atoms with Gasteiger partial charge in [0.1, 0.15) is 0 Å². The van der Waals surface area contributed by atoms with E-state index in [4.69, 9.17) is 0 Å². The minimum absolute atomic E-state index is 0.254. The van der Waals surface area contributed by atoms with Gasteiger partial charge in [0.2, 0.25) is 0 Å². The summed E-state index contributed by atoms with van der Waals surface area (Å²) in [5.74, 6) is 1.12. The topological polar surface area (TPSA) is 49.4 Å². The smallest absolute Gasteiger partial charge is 0.151 e. The molecule has 3 unspecified atom stereocenters. The van der Waals surface area contributed by atoms with E-state index in [1.165, 1.54) is 0 Å². The SMILES string of the molecule is CCS(=O)(=O)CCN1CCC(NC)C(C)C1C. The Kier molecular flexibility index (Phi) is 5.41. The lowest BCUT2D eigenvalue weighted by molar-refractivity contribution is 0.0938. The van der Waals surface area contributed by atoms with E-state index in [0.717, 1.165) is 13.0 Å². The molecule has 0 bridgehead atoms. The molecule has 4 nitrogen and oxygen atoms in total. The third kappa shape index (κ3) is 3.93. The molecule has 5 heteroatoms. The molecule has 0 radical (unpaired) electrons. The summed E-state index contributed by atoms with van der Waals surface area (Å²) in [7, 11) is -0.831. The second-order valence-corrected chi connectivity index (χ2v) is 7.53. The Morgan fingerprint density at radius 2 is 2.00 bits per heavy atom. The van der Waals surface area contributed by atoms with Gasteiger partial charge in [0.15, 0.2) is 9.84 Å². The van der Waals surface area contributed by atoms with E-state index in [1.807, 2.05) is 7.05 Å². The first-order valence-electron chi connectivity index (χ1n) is 6.53. The number of nitrogens with zero attached hydrogens (tertiary/aromatic N) is 1. The van der Waals surface area contributed by atoms with Crippen LogP contribution < -0.4 is 5.32 Å². The van der Waals surface area contributed by atoms with Crippen molar-refractivity contribution in [3.63, 3.8) is 0 Å². The molecular weight excluding hydrogens is 236 g/mol. The highest BCUT2D eigenvalue weighted by atomic mass is 32.2. The van der Waals surface area contributed by atoms with E-state index in [2.05, 4.69) is 24.1 Å². The molecule has 1 N–H and O–H groups in total. The Bertz CT molecular complexity index is 329. The van der Waals surface area contributed by atoms with Crippen LogP contribution in [0.5, 0.6) is 0 Å². The first-order chi connectivity index (χ1) is 7.91. The van der Waals surface area contributed by atoms with Gasteiger partial charge in [-0.25, -0.2) is 8.42 Å². The standard InChI is InChI=1S/C12H26N2O2S/c1-5-17(15,16)9-8-14-7-6-12(13-4)10(2)11(14)3/h10-13H,5-9H2,1-4H3. The molecule has 1 heterocycles. The Labute approximate surface area is 106 Å². The minimum atomic E-state index is -2.84. The lowest BCUT2D eigenvalue weighted by Crippen LogP contribution is -2.53. The van der Waals surface area contributed by atoms with Crippen LogP contribution in [-0.2, 0) is 9.84 Å². The molecule has 3 atom stereocenters. The average molecular weight is 262 g/mol. The van der Waals surface area contributed by atoms with Crippen LogP contribution in [0.4, 0.5) is 0 Å². The fraction of sp³-hybridized carbons (Fsp3) is 1.00. The molecule has 0 aliphatic carbocycles. The fourth-order valence-electron chi connectivity index (χ4n) is 2.56. The van der Waals surface area contributed by atoms with Crippen molar-refractivity contribution in [3.05, 3.63) is 0 Å². The molecule has 0 aromatic heterocycles. The molecule has 0 spiro atoms. The van der Waals surface area contributed by atoms with Gasteiger partial charge in [0.05, 0.1) is 5.75 Å². The Balaban J connectivity index is 2.51. The number of sulfone groups is 1. The van der Waals surface area contributed by atoms with E-state index < -0.39 is 9.84 Å². The van der Waals surface area contributed by atoms with E-state index in [1.54, 1.807) is 6.92 Å². The third-order valence-corrected chi connectivity index (χ3v) is 5.88. The first-order valence-corrected chi connectivity index (χ1v) is 8.35.